The van der Waals surface area contributed by atoms with Crippen molar-refractivity contribution in [3.63, 3.8) is 0 Å². The van der Waals surface area contributed by atoms with Crippen LogP contribution in [0.4, 0.5) is 0 Å². The summed E-state index contributed by atoms with van der Waals surface area (Å²) >= 11 is 2.10. The van der Waals surface area contributed by atoms with Crippen LogP contribution in [-0.4, -0.2) is 12.1 Å². The Hall–Kier alpha value is -0.320. The minimum atomic E-state index is 0.776. The van der Waals surface area contributed by atoms with Crippen LogP contribution in [0.3, 0.4) is 0 Å². The molecule has 1 rings (SSSR count). The highest BCUT2D eigenvalue weighted by Gasteiger charge is 1.95. The monoisotopic (exact) mass is 234 g/mol. The van der Waals surface area contributed by atoms with Gasteiger partial charge in [0, 0.05) is 12.3 Å². The average molecular weight is 234 g/mol. The minimum absolute atomic E-state index is 0.776. The summed E-state index contributed by atoms with van der Waals surface area (Å²) in [5, 5.41) is 0. The van der Waals surface area contributed by atoms with Crippen LogP contribution >= 0.6 is 22.6 Å². The van der Waals surface area contributed by atoms with Crippen LogP contribution in [-0.2, 0) is 0 Å². The van der Waals surface area contributed by atoms with E-state index in [4.69, 9.17) is 4.74 Å². The Kier molecular flexibility index (Phi) is 2.27. The first-order valence-electron chi connectivity index (χ1n) is 2.40. The molecule has 0 bridgehead atoms. The van der Waals surface area contributed by atoms with Gasteiger partial charge >= 0.3 is 0 Å². The number of hydrogen-bond acceptors (Lipinski definition) is 2. The Bertz CT molecular complexity index is 202. The van der Waals surface area contributed by atoms with E-state index in [1.165, 1.54) is 0 Å². The van der Waals surface area contributed by atoms with Crippen molar-refractivity contribution in [1.82, 2.24) is 4.98 Å². The second-order valence-corrected chi connectivity index (χ2v) is 2.45. The van der Waals surface area contributed by atoms with Gasteiger partial charge in [0.15, 0.2) is 5.75 Å². The summed E-state index contributed by atoms with van der Waals surface area (Å²) in [6.07, 6.45) is 1.62. The van der Waals surface area contributed by atoms with E-state index >= 15 is 0 Å². The quantitative estimate of drug-likeness (QED) is 0.542. The number of halogens is 1. The largest absolute Gasteiger partial charge is 0.494 e. The Morgan fingerprint density at radius 2 is 2.56 bits per heavy atom. The van der Waals surface area contributed by atoms with E-state index < -0.39 is 0 Å². The number of pyridine rings is 1. The molecule has 9 heavy (non-hydrogen) atoms. The molecular weight excluding hydrogens is 229 g/mol. The SMILES string of the molecule is COc1c[c]cnc1I. The third kappa shape index (κ3) is 1.54. The van der Waals surface area contributed by atoms with Gasteiger partial charge in [-0.3, -0.25) is 0 Å². The molecule has 0 aliphatic heterocycles. The molecule has 0 fully saturated rings. The summed E-state index contributed by atoms with van der Waals surface area (Å²) in [6.45, 7) is 0. The van der Waals surface area contributed by atoms with Gasteiger partial charge in [0.1, 0.15) is 3.70 Å². The molecule has 0 aromatic carbocycles. The second-order valence-electron chi connectivity index (χ2n) is 1.43. The standard InChI is InChI=1S/C6H5INO/c1-9-5-3-2-4-8-6(5)7/h3-4H,1H3. The predicted octanol–water partition coefficient (Wildman–Crippen LogP) is 1.49. The van der Waals surface area contributed by atoms with Crippen LogP contribution in [0.15, 0.2) is 12.3 Å². The molecule has 0 atom stereocenters. The second kappa shape index (κ2) is 3.00. The lowest BCUT2D eigenvalue weighted by Crippen LogP contribution is -1.87. The first kappa shape index (κ1) is 6.80. The van der Waals surface area contributed by atoms with Crippen molar-refractivity contribution in [3.8, 4) is 5.75 Å². The predicted molar refractivity (Wildman–Crippen MR) is 42.3 cm³/mol. The lowest BCUT2D eigenvalue weighted by atomic mass is 10.5. The van der Waals surface area contributed by atoms with Crippen molar-refractivity contribution in [2.24, 2.45) is 0 Å². The molecule has 0 saturated carbocycles. The maximum atomic E-state index is 4.94. The van der Waals surface area contributed by atoms with Crippen LogP contribution < -0.4 is 4.74 Å². The fraction of sp³-hybridized carbons (Fsp3) is 0.167. The van der Waals surface area contributed by atoms with Crippen molar-refractivity contribution >= 4 is 22.6 Å². The van der Waals surface area contributed by atoms with Crippen molar-refractivity contribution < 1.29 is 4.74 Å². The summed E-state index contributed by atoms with van der Waals surface area (Å²) in [5.74, 6) is 0.776. The van der Waals surface area contributed by atoms with Gasteiger partial charge in [-0.1, -0.05) is 0 Å². The number of rotatable bonds is 1. The molecule has 1 aromatic rings. The first-order chi connectivity index (χ1) is 4.34. The molecule has 0 aliphatic rings. The fourth-order valence-electron chi connectivity index (χ4n) is 0.473. The van der Waals surface area contributed by atoms with Crippen molar-refractivity contribution in [3.05, 3.63) is 22.0 Å². The summed E-state index contributed by atoms with van der Waals surface area (Å²) in [5.41, 5.74) is 0. The molecule has 0 aliphatic carbocycles. The molecule has 1 radical (unpaired) electrons. The minimum Gasteiger partial charge on any atom is -0.494 e. The van der Waals surface area contributed by atoms with Gasteiger partial charge < -0.3 is 4.74 Å². The first-order valence-corrected chi connectivity index (χ1v) is 3.48. The van der Waals surface area contributed by atoms with E-state index in [1.54, 1.807) is 19.4 Å². The van der Waals surface area contributed by atoms with Crippen LogP contribution in [0.2, 0.25) is 0 Å². The fourth-order valence-corrected chi connectivity index (χ4v) is 0.988. The zero-order valence-corrected chi connectivity index (χ0v) is 7.05. The molecule has 0 spiro atoms. The molecule has 0 amide bonds. The molecule has 1 heterocycles. The highest BCUT2D eigenvalue weighted by Crippen LogP contribution is 2.15. The van der Waals surface area contributed by atoms with Gasteiger partial charge in [-0.05, 0) is 28.7 Å². The van der Waals surface area contributed by atoms with Gasteiger partial charge in [0.25, 0.3) is 0 Å². The summed E-state index contributed by atoms with van der Waals surface area (Å²) in [4.78, 5) is 3.96. The zero-order valence-electron chi connectivity index (χ0n) is 4.89. The van der Waals surface area contributed by atoms with Gasteiger partial charge in [0.05, 0.1) is 7.11 Å². The van der Waals surface area contributed by atoms with E-state index in [1.807, 2.05) is 0 Å². The van der Waals surface area contributed by atoms with Crippen LogP contribution in [0.5, 0.6) is 5.75 Å². The zero-order chi connectivity index (χ0) is 6.69. The third-order valence-electron chi connectivity index (χ3n) is 0.890. The molecule has 1 aromatic heterocycles. The summed E-state index contributed by atoms with van der Waals surface area (Å²) in [6, 6.07) is 4.57. The molecular formula is C6H5INO. The van der Waals surface area contributed by atoms with Crippen LogP contribution in [0, 0.1) is 9.77 Å². The van der Waals surface area contributed by atoms with Crippen LogP contribution in [0.25, 0.3) is 0 Å². The lowest BCUT2D eigenvalue weighted by Gasteiger charge is -1.97. The van der Waals surface area contributed by atoms with E-state index in [-0.39, 0.29) is 0 Å². The number of hydrogen-bond donors (Lipinski definition) is 0. The Morgan fingerprint density at radius 3 is 3.00 bits per heavy atom. The molecule has 2 nitrogen and oxygen atoms in total. The highest BCUT2D eigenvalue weighted by atomic mass is 127. The lowest BCUT2D eigenvalue weighted by molar-refractivity contribution is 0.409. The maximum Gasteiger partial charge on any atom is 0.151 e. The van der Waals surface area contributed by atoms with Gasteiger partial charge in [-0.15, -0.1) is 0 Å². The summed E-state index contributed by atoms with van der Waals surface area (Å²) in [7, 11) is 1.62. The molecule has 0 N–H and O–H groups in total. The van der Waals surface area contributed by atoms with Crippen LogP contribution in [0.1, 0.15) is 0 Å². The van der Waals surface area contributed by atoms with Gasteiger partial charge in [-0.25, -0.2) is 4.98 Å². The number of aromatic nitrogens is 1. The van der Waals surface area contributed by atoms with Crippen molar-refractivity contribution in [2.75, 3.05) is 7.11 Å². The third-order valence-corrected chi connectivity index (χ3v) is 1.70. The van der Waals surface area contributed by atoms with E-state index in [0.29, 0.717) is 0 Å². The van der Waals surface area contributed by atoms with Crippen molar-refractivity contribution in [2.45, 2.75) is 0 Å². The summed E-state index contributed by atoms with van der Waals surface area (Å²) < 4.78 is 5.81. The van der Waals surface area contributed by atoms with E-state index in [0.717, 1.165) is 9.45 Å². The number of methoxy groups -OCH3 is 1. The van der Waals surface area contributed by atoms with Crippen molar-refractivity contribution in [1.29, 1.82) is 0 Å². The van der Waals surface area contributed by atoms with Gasteiger partial charge in [-0.2, -0.15) is 0 Å². The Balaban J connectivity index is 3.01. The molecule has 47 valence electrons. The molecule has 0 saturated heterocycles. The number of ether oxygens (including phenoxy) is 1. The normalized spacial score (nSPS) is 9.11. The Morgan fingerprint density at radius 1 is 1.78 bits per heavy atom. The van der Waals surface area contributed by atoms with E-state index in [9.17, 15) is 0 Å². The van der Waals surface area contributed by atoms with Gasteiger partial charge in [0.2, 0.25) is 0 Å². The smallest absolute Gasteiger partial charge is 0.151 e. The number of nitrogens with zero attached hydrogens (tertiary/aromatic N) is 1. The average Bonchev–Trinajstić information content (AvgIpc) is 1.89. The highest BCUT2D eigenvalue weighted by molar-refractivity contribution is 14.1. The Labute approximate surface area is 67.4 Å². The molecule has 3 heteroatoms. The van der Waals surface area contributed by atoms with E-state index in [2.05, 4.69) is 33.6 Å². The molecule has 0 unspecified atom stereocenters. The topological polar surface area (TPSA) is 22.1 Å². The maximum absolute atomic E-state index is 4.94.